The summed E-state index contributed by atoms with van der Waals surface area (Å²) < 4.78 is 11.2. The first-order chi connectivity index (χ1) is 9.50. The van der Waals surface area contributed by atoms with Gasteiger partial charge in [-0.25, -0.2) is 0 Å². The van der Waals surface area contributed by atoms with Crippen molar-refractivity contribution in [3.63, 3.8) is 0 Å². The molecule has 0 heterocycles. The fourth-order valence-electron chi connectivity index (χ4n) is 2.80. The van der Waals surface area contributed by atoms with Crippen molar-refractivity contribution in [3.8, 4) is 5.75 Å². The molecular formula is C17H27NO2. The van der Waals surface area contributed by atoms with Gasteiger partial charge in [0.05, 0.1) is 6.61 Å². The van der Waals surface area contributed by atoms with Gasteiger partial charge < -0.3 is 15.2 Å². The molecule has 1 saturated carbocycles. The van der Waals surface area contributed by atoms with Gasteiger partial charge in [-0.3, -0.25) is 0 Å². The van der Waals surface area contributed by atoms with E-state index >= 15 is 0 Å². The summed E-state index contributed by atoms with van der Waals surface area (Å²) in [5, 5.41) is 0. The average molecular weight is 277 g/mol. The molecule has 1 aliphatic carbocycles. The Hall–Kier alpha value is -1.06. The molecule has 1 aromatic rings. The highest BCUT2D eigenvalue weighted by Gasteiger charge is 2.34. The van der Waals surface area contributed by atoms with Crippen molar-refractivity contribution < 1.29 is 9.47 Å². The van der Waals surface area contributed by atoms with E-state index in [1.807, 2.05) is 12.1 Å². The number of methoxy groups -OCH3 is 1. The molecule has 2 rings (SSSR count). The quantitative estimate of drug-likeness (QED) is 0.899. The highest BCUT2D eigenvalue weighted by molar-refractivity contribution is 5.27. The van der Waals surface area contributed by atoms with E-state index in [1.165, 1.54) is 12.0 Å². The molecule has 2 unspecified atom stereocenters. The minimum absolute atomic E-state index is 0.128. The SMILES string of the molecule is COCCc1ccc(OC2CC(C)(C)CCC2N)cc1. The molecule has 0 saturated heterocycles. The molecule has 0 spiro atoms. The Morgan fingerprint density at radius 2 is 1.95 bits per heavy atom. The van der Waals surface area contributed by atoms with Gasteiger partial charge in [-0.15, -0.1) is 0 Å². The van der Waals surface area contributed by atoms with Crippen LogP contribution in [-0.4, -0.2) is 25.9 Å². The maximum Gasteiger partial charge on any atom is 0.119 e. The summed E-state index contributed by atoms with van der Waals surface area (Å²) in [6.45, 7) is 5.34. The Labute approximate surface area is 122 Å². The Balaban J connectivity index is 1.95. The lowest BCUT2D eigenvalue weighted by Gasteiger charge is -2.39. The van der Waals surface area contributed by atoms with E-state index in [4.69, 9.17) is 15.2 Å². The average Bonchev–Trinajstić information content (AvgIpc) is 2.42. The Kier molecular flexibility index (Phi) is 5.06. The summed E-state index contributed by atoms with van der Waals surface area (Å²) in [7, 11) is 1.73. The number of rotatable bonds is 5. The molecule has 3 nitrogen and oxygen atoms in total. The van der Waals surface area contributed by atoms with Crippen molar-refractivity contribution in [3.05, 3.63) is 29.8 Å². The Bertz CT molecular complexity index is 414. The van der Waals surface area contributed by atoms with Crippen LogP contribution in [0.4, 0.5) is 0 Å². The van der Waals surface area contributed by atoms with Crippen molar-refractivity contribution in [2.45, 2.75) is 51.7 Å². The van der Waals surface area contributed by atoms with Crippen LogP contribution in [0.15, 0.2) is 24.3 Å². The summed E-state index contributed by atoms with van der Waals surface area (Å²) >= 11 is 0. The Morgan fingerprint density at radius 1 is 1.25 bits per heavy atom. The molecular weight excluding hydrogens is 250 g/mol. The van der Waals surface area contributed by atoms with Crippen LogP contribution in [0, 0.1) is 5.41 Å². The molecule has 0 amide bonds. The maximum atomic E-state index is 6.20. The molecule has 1 aromatic carbocycles. The summed E-state index contributed by atoms with van der Waals surface area (Å²) in [6.07, 6.45) is 4.32. The largest absolute Gasteiger partial charge is 0.489 e. The minimum Gasteiger partial charge on any atom is -0.489 e. The van der Waals surface area contributed by atoms with Gasteiger partial charge >= 0.3 is 0 Å². The van der Waals surface area contributed by atoms with Crippen LogP contribution in [0.2, 0.25) is 0 Å². The van der Waals surface area contributed by atoms with Crippen LogP contribution < -0.4 is 10.5 Å². The maximum absolute atomic E-state index is 6.20. The van der Waals surface area contributed by atoms with E-state index in [9.17, 15) is 0 Å². The van der Waals surface area contributed by atoms with Gasteiger partial charge in [-0.1, -0.05) is 26.0 Å². The summed E-state index contributed by atoms with van der Waals surface area (Å²) in [5.41, 5.74) is 7.81. The second kappa shape index (κ2) is 6.59. The van der Waals surface area contributed by atoms with Gasteiger partial charge in [0.2, 0.25) is 0 Å². The topological polar surface area (TPSA) is 44.5 Å². The predicted molar refractivity (Wildman–Crippen MR) is 82.0 cm³/mol. The normalized spacial score (nSPS) is 25.4. The number of hydrogen-bond donors (Lipinski definition) is 1. The fourth-order valence-corrected chi connectivity index (χ4v) is 2.80. The molecule has 0 bridgehead atoms. The van der Waals surface area contributed by atoms with Crippen molar-refractivity contribution in [2.75, 3.05) is 13.7 Å². The van der Waals surface area contributed by atoms with Gasteiger partial charge in [-0.2, -0.15) is 0 Å². The lowest BCUT2D eigenvalue weighted by molar-refractivity contribution is 0.0669. The molecule has 0 aromatic heterocycles. The fraction of sp³-hybridized carbons (Fsp3) is 0.647. The van der Waals surface area contributed by atoms with Crippen LogP contribution in [-0.2, 0) is 11.2 Å². The van der Waals surface area contributed by atoms with Crippen LogP contribution >= 0.6 is 0 Å². The standard InChI is InChI=1S/C17H27NO2/c1-17(2)10-8-15(18)16(12-17)20-14-6-4-13(5-7-14)9-11-19-3/h4-7,15-16H,8-12,18H2,1-3H3. The summed E-state index contributed by atoms with van der Waals surface area (Å²) in [5.74, 6) is 0.921. The smallest absolute Gasteiger partial charge is 0.119 e. The third-order valence-corrected chi connectivity index (χ3v) is 4.19. The highest BCUT2D eigenvalue weighted by Crippen LogP contribution is 2.36. The van der Waals surface area contributed by atoms with E-state index in [1.54, 1.807) is 7.11 Å². The lowest BCUT2D eigenvalue weighted by Crippen LogP contribution is -2.46. The third-order valence-electron chi connectivity index (χ3n) is 4.19. The predicted octanol–water partition coefficient (Wildman–Crippen LogP) is 3.16. The number of nitrogens with two attached hydrogens (primary N) is 1. The lowest BCUT2D eigenvalue weighted by atomic mass is 9.74. The van der Waals surface area contributed by atoms with Crippen LogP contribution in [0.3, 0.4) is 0 Å². The highest BCUT2D eigenvalue weighted by atomic mass is 16.5. The molecule has 1 fully saturated rings. The van der Waals surface area contributed by atoms with Gasteiger partial charge in [0.15, 0.2) is 0 Å². The zero-order valence-electron chi connectivity index (χ0n) is 12.9. The molecule has 112 valence electrons. The van der Waals surface area contributed by atoms with Gasteiger partial charge in [-0.05, 0) is 48.8 Å². The van der Waals surface area contributed by atoms with Crippen LogP contribution in [0.25, 0.3) is 0 Å². The zero-order chi connectivity index (χ0) is 14.6. The first-order valence-corrected chi connectivity index (χ1v) is 7.50. The number of ether oxygens (including phenoxy) is 2. The molecule has 0 aliphatic heterocycles. The van der Waals surface area contributed by atoms with Gasteiger partial charge in [0.1, 0.15) is 11.9 Å². The molecule has 2 atom stereocenters. The van der Waals surface area contributed by atoms with Gasteiger partial charge in [0.25, 0.3) is 0 Å². The zero-order valence-corrected chi connectivity index (χ0v) is 12.9. The number of hydrogen-bond acceptors (Lipinski definition) is 3. The first kappa shape index (κ1) is 15.3. The van der Waals surface area contributed by atoms with Crippen LogP contribution in [0.1, 0.15) is 38.7 Å². The molecule has 20 heavy (non-hydrogen) atoms. The summed E-state index contributed by atoms with van der Waals surface area (Å²) in [4.78, 5) is 0. The van der Waals surface area contributed by atoms with E-state index in [0.717, 1.165) is 31.6 Å². The van der Waals surface area contributed by atoms with Crippen molar-refractivity contribution in [1.29, 1.82) is 0 Å². The van der Waals surface area contributed by atoms with Crippen molar-refractivity contribution in [2.24, 2.45) is 11.1 Å². The van der Waals surface area contributed by atoms with E-state index < -0.39 is 0 Å². The van der Waals surface area contributed by atoms with Crippen LogP contribution in [0.5, 0.6) is 5.75 Å². The second-order valence-corrected chi connectivity index (χ2v) is 6.61. The monoisotopic (exact) mass is 277 g/mol. The van der Waals surface area contributed by atoms with Gasteiger partial charge in [0, 0.05) is 13.2 Å². The molecule has 1 aliphatic rings. The second-order valence-electron chi connectivity index (χ2n) is 6.61. The Morgan fingerprint density at radius 3 is 2.60 bits per heavy atom. The van der Waals surface area contributed by atoms with Crippen molar-refractivity contribution in [1.82, 2.24) is 0 Å². The first-order valence-electron chi connectivity index (χ1n) is 7.50. The summed E-state index contributed by atoms with van der Waals surface area (Å²) in [6, 6.07) is 8.44. The molecule has 2 N–H and O–H groups in total. The number of benzene rings is 1. The molecule has 3 heteroatoms. The van der Waals surface area contributed by atoms with E-state index in [-0.39, 0.29) is 12.1 Å². The van der Waals surface area contributed by atoms with Crippen molar-refractivity contribution >= 4 is 0 Å². The van der Waals surface area contributed by atoms with E-state index in [2.05, 4.69) is 26.0 Å². The molecule has 0 radical (unpaired) electrons. The van der Waals surface area contributed by atoms with E-state index in [0.29, 0.717) is 5.41 Å². The minimum atomic E-state index is 0.128. The third kappa shape index (κ3) is 4.22.